The number of carbonyl (C=O) groups excluding carboxylic acids is 2. The lowest BCUT2D eigenvalue weighted by Crippen LogP contribution is -2.50. The van der Waals surface area contributed by atoms with E-state index in [1.165, 1.54) is 17.1 Å². The predicted molar refractivity (Wildman–Crippen MR) is 146 cm³/mol. The molecule has 1 aliphatic heterocycles. The number of fused-ring (bicyclic) bond motifs is 1. The zero-order valence-electron chi connectivity index (χ0n) is 21.7. The smallest absolute Gasteiger partial charge is 0.264 e. The fourth-order valence-corrected chi connectivity index (χ4v) is 5.05. The zero-order chi connectivity index (χ0) is 27.1. The Kier molecular flexibility index (Phi) is 6.26. The highest BCUT2D eigenvalue weighted by molar-refractivity contribution is 6.04. The van der Waals surface area contributed by atoms with Crippen molar-refractivity contribution in [1.29, 1.82) is 0 Å². The molecule has 39 heavy (non-hydrogen) atoms. The van der Waals surface area contributed by atoms with Gasteiger partial charge in [-0.2, -0.15) is 5.10 Å². The summed E-state index contributed by atoms with van der Waals surface area (Å²) in [4.78, 5) is 44.4. The molecule has 10 heteroatoms. The largest absolute Gasteiger partial charge is 0.388 e. The topological polar surface area (TPSA) is 122 Å². The fraction of sp³-hybridized carbons (Fsp3) is 0.345. The van der Waals surface area contributed by atoms with E-state index in [-0.39, 0.29) is 29.8 Å². The summed E-state index contributed by atoms with van der Waals surface area (Å²) < 4.78 is 3.00. The van der Waals surface area contributed by atoms with Gasteiger partial charge < -0.3 is 15.3 Å². The van der Waals surface area contributed by atoms with Crippen LogP contribution in [0.2, 0.25) is 0 Å². The lowest BCUT2D eigenvalue weighted by Gasteiger charge is -2.38. The van der Waals surface area contributed by atoms with Gasteiger partial charge in [-0.05, 0) is 69.0 Å². The van der Waals surface area contributed by atoms with Crippen molar-refractivity contribution in [2.45, 2.75) is 44.8 Å². The first-order chi connectivity index (χ1) is 18.8. The molecule has 0 atom stereocenters. The molecule has 0 bridgehead atoms. The van der Waals surface area contributed by atoms with Gasteiger partial charge in [0.15, 0.2) is 5.65 Å². The summed E-state index contributed by atoms with van der Waals surface area (Å²) in [5, 5.41) is 18.8. The second kappa shape index (κ2) is 9.77. The molecule has 0 radical (unpaired) electrons. The number of aliphatic hydroxyl groups is 1. The van der Waals surface area contributed by atoms with Gasteiger partial charge in [-0.3, -0.25) is 19.0 Å². The average Bonchev–Trinajstić information content (AvgIpc) is 3.70. The van der Waals surface area contributed by atoms with Gasteiger partial charge in [-0.1, -0.05) is 17.7 Å². The number of benzene rings is 2. The molecule has 2 aromatic heterocycles. The molecule has 200 valence electrons. The van der Waals surface area contributed by atoms with Crippen LogP contribution in [0.1, 0.15) is 41.6 Å². The number of aryl methyl sites for hydroxylation is 1. The number of likely N-dealkylation sites (tertiary alicyclic amines) is 1. The number of carbonyl (C=O) groups is 2. The first-order valence-electron chi connectivity index (χ1n) is 13.2. The van der Waals surface area contributed by atoms with Gasteiger partial charge in [0.1, 0.15) is 11.7 Å². The molecule has 1 aliphatic carbocycles. The van der Waals surface area contributed by atoms with Crippen LogP contribution in [0.15, 0.2) is 65.8 Å². The van der Waals surface area contributed by atoms with Gasteiger partial charge in [-0.15, -0.1) is 0 Å². The Morgan fingerprint density at radius 1 is 1.05 bits per heavy atom. The quantitative estimate of drug-likeness (QED) is 0.398. The summed E-state index contributed by atoms with van der Waals surface area (Å²) in [6, 6.07) is 14.5. The number of hydrogen-bond donors (Lipinski definition) is 2. The van der Waals surface area contributed by atoms with Crippen LogP contribution in [-0.4, -0.2) is 59.8 Å². The van der Waals surface area contributed by atoms with Crippen LogP contribution in [0.5, 0.6) is 0 Å². The molecule has 6 rings (SSSR count). The maximum absolute atomic E-state index is 13.2. The van der Waals surface area contributed by atoms with Crippen molar-refractivity contribution >= 4 is 28.5 Å². The third kappa shape index (κ3) is 5.07. The Morgan fingerprint density at radius 3 is 2.41 bits per heavy atom. The summed E-state index contributed by atoms with van der Waals surface area (Å²) in [7, 11) is 0. The van der Waals surface area contributed by atoms with E-state index in [1.807, 2.05) is 24.0 Å². The summed E-state index contributed by atoms with van der Waals surface area (Å²) in [6.45, 7) is 3.07. The van der Waals surface area contributed by atoms with Crippen molar-refractivity contribution in [1.82, 2.24) is 24.2 Å². The van der Waals surface area contributed by atoms with Crippen LogP contribution in [-0.2, 0) is 11.3 Å². The van der Waals surface area contributed by atoms with Crippen LogP contribution in [0.4, 0.5) is 5.69 Å². The van der Waals surface area contributed by atoms with Gasteiger partial charge >= 0.3 is 0 Å². The van der Waals surface area contributed by atoms with E-state index in [4.69, 9.17) is 0 Å². The van der Waals surface area contributed by atoms with Crippen LogP contribution in [0, 0.1) is 12.8 Å². The molecule has 10 nitrogen and oxygen atoms in total. The van der Waals surface area contributed by atoms with Crippen molar-refractivity contribution in [3.05, 3.63) is 82.5 Å². The highest BCUT2D eigenvalue weighted by Gasteiger charge is 2.39. The lowest BCUT2D eigenvalue weighted by molar-refractivity contribution is -0.137. The van der Waals surface area contributed by atoms with Gasteiger partial charge in [0.2, 0.25) is 5.91 Å². The molecule has 2 fully saturated rings. The van der Waals surface area contributed by atoms with Crippen molar-refractivity contribution in [3.63, 3.8) is 0 Å². The number of nitrogens with one attached hydrogen (secondary N) is 1. The number of nitrogens with zero attached hydrogens (tertiary/aromatic N) is 5. The maximum Gasteiger partial charge on any atom is 0.264 e. The predicted octanol–water partition coefficient (Wildman–Crippen LogP) is 2.91. The molecule has 2 aliphatic rings. The highest BCUT2D eigenvalue weighted by atomic mass is 16.3. The average molecular weight is 527 g/mol. The van der Waals surface area contributed by atoms with Crippen molar-refractivity contribution in [2.24, 2.45) is 5.92 Å². The zero-order valence-corrected chi connectivity index (χ0v) is 21.7. The minimum atomic E-state index is -1.08. The van der Waals surface area contributed by atoms with E-state index in [0.29, 0.717) is 53.9 Å². The van der Waals surface area contributed by atoms with E-state index in [9.17, 15) is 19.5 Å². The van der Waals surface area contributed by atoms with Gasteiger partial charge in [0, 0.05) is 30.3 Å². The minimum absolute atomic E-state index is 0.112. The fourth-order valence-electron chi connectivity index (χ4n) is 5.05. The van der Waals surface area contributed by atoms with Crippen LogP contribution in [0.25, 0.3) is 16.7 Å². The minimum Gasteiger partial charge on any atom is -0.388 e. The molecule has 4 aromatic rings. The van der Waals surface area contributed by atoms with Crippen LogP contribution in [0.3, 0.4) is 0 Å². The van der Waals surface area contributed by atoms with Gasteiger partial charge in [0.25, 0.3) is 11.5 Å². The molecule has 1 saturated heterocycles. The number of piperidine rings is 1. The Labute approximate surface area is 224 Å². The monoisotopic (exact) mass is 526 g/mol. The van der Waals surface area contributed by atoms with Crippen molar-refractivity contribution in [2.75, 3.05) is 18.4 Å². The third-order valence-corrected chi connectivity index (χ3v) is 7.64. The molecular weight excluding hydrogens is 496 g/mol. The van der Waals surface area contributed by atoms with Crippen LogP contribution >= 0.6 is 0 Å². The van der Waals surface area contributed by atoms with Crippen LogP contribution < -0.4 is 10.9 Å². The SMILES string of the molecule is Cc1ccc(C(=O)Nc2ccc(-n3ncc4c(=O)n(CC5(O)CCN(C(=O)C6CC6)CC5)cnc43)cc2)cc1. The molecular formula is C29H30N6O4. The van der Waals surface area contributed by atoms with E-state index in [2.05, 4.69) is 15.4 Å². The second-order valence-electron chi connectivity index (χ2n) is 10.7. The van der Waals surface area contributed by atoms with E-state index < -0.39 is 5.60 Å². The molecule has 2 amide bonds. The Morgan fingerprint density at radius 2 is 1.74 bits per heavy atom. The number of aromatic nitrogens is 4. The molecule has 0 unspecified atom stereocenters. The first kappa shape index (κ1) is 25.0. The van der Waals surface area contributed by atoms with Crippen molar-refractivity contribution in [3.8, 4) is 5.69 Å². The summed E-state index contributed by atoms with van der Waals surface area (Å²) >= 11 is 0. The Balaban J connectivity index is 1.15. The van der Waals surface area contributed by atoms with Crippen molar-refractivity contribution < 1.29 is 14.7 Å². The van der Waals surface area contributed by atoms with E-state index in [1.54, 1.807) is 41.1 Å². The number of rotatable bonds is 6. The Hall–Kier alpha value is -4.31. The highest BCUT2D eigenvalue weighted by Crippen LogP contribution is 2.33. The lowest BCUT2D eigenvalue weighted by atomic mass is 9.91. The summed E-state index contributed by atoms with van der Waals surface area (Å²) in [5.74, 6) is 0.151. The molecule has 2 aromatic carbocycles. The first-order valence-corrected chi connectivity index (χ1v) is 13.2. The van der Waals surface area contributed by atoms with Gasteiger partial charge in [-0.25, -0.2) is 9.67 Å². The molecule has 0 spiro atoms. The Bertz CT molecular complexity index is 1590. The van der Waals surface area contributed by atoms with E-state index >= 15 is 0 Å². The number of hydrogen-bond acceptors (Lipinski definition) is 6. The maximum atomic E-state index is 13.2. The van der Waals surface area contributed by atoms with Gasteiger partial charge in [0.05, 0.1) is 24.0 Å². The summed E-state index contributed by atoms with van der Waals surface area (Å²) in [5.41, 5.74) is 2.03. The number of amides is 2. The third-order valence-electron chi connectivity index (χ3n) is 7.64. The molecule has 3 heterocycles. The molecule has 1 saturated carbocycles. The summed E-state index contributed by atoms with van der Waals surface area (Å²) in [6.07, 6.45) is 5.68. The number of anilines is 1. The van der Waals surface area contributed by atoms with E-state index in [0.717, 1.165) is 18.4 Å². The second-order valence-corrected chi connectivity index (χ2v) is 10.7. The molecule has 2 N–H and O–H groups in total. The normalized spacial score (nSPS) is 16.8. The standard InChI is InChI=1S/C29H30N6O4/c1-19-2-4-20(5-3-19)26(36)32-22-8-10-23(11-9-22)35-25-24(16-31-35)28(38)34(18-30-25)17-29(39)12-14-33(15-13-29)27(37)21-6-7-21/h2-5,8-11,16,18,21,39H,6-7,12-15,17H2,1H3,(H,32,36).